The van der Waals surface area contributed by atoms with Crippen LogP contribution in [0.2, 0.25) is 0 Å². The van der Waals surface area contributed by atoms with E-state index in [0.29, 0.717) is 6.61 Å². The van der Waals surface area contributed by atoms with Crippen molar-refractivity contribution >= 4 is 0 Å². The fourth-order valence-corrected chi connectivity index (χ4v) is 0.990. The maximum absolute atomic E-state index is 5.41. The van der Waals surface area contributed by atoms with Gasteiger partial charge in [0.15, 0.2) is 0 Å². The molecule has 0 fully saturated rings. The van der Waals surface area contributed by atoms with Crippen molar-refractivity contribution in [3.8, 4) is 5.75 Å². The van der Waals surface area contributed by atoms with Crippen molar-refractivity contribution in [2.24, 2.45) is 0 Å². The van der Waals surface area contributed by atoms with Gasteiger partial charge in [-0.15, -0.1) is 0 Å². The molecule has 0 amide bonds. The van der Waals surface area contributed by atoms with Gasteiger partial charge in [0.2, 0.25) is 0 Å². The second-order valence-electron chi connectivity index (χ2n) is 2.58. The van der Waals surface area contributed by atoms with Crippen LogP contribution in [0.3, 0.4) is 0 Å². The molecule has 0 saturated heterocycles. The average molecular weight is 173 g/mol. The van der Waals surface area contributed by atoms with Gasteiger partial charge < -0.3 is 4.74 Å². The van der Waals surface area contributed by atoms with Crippen molar-refractivity contribution in [1.29, 1.82) is 0 Å². The fourth-order valence-electron chi connectivity index (χ4n) is 0.990. The van der Waals surface area contributed by atoms with Crippen LogP contribution in [-0.4, -0.2) is 10.2 Å². The molecule has 65 valence electrons. The van der Waals surface area contributed by atoms with E-state index < -0.39 is 0 Å². The molecule has 3 nitrogen and oxygen atoms in total. The summed E-state index contributed by atoms with van der Waals surface area (Å²) in [6.45, 7) is 0.476. The number of benzene rings is 1. The number of aromatic amines is 1. The first-order valence-corrected chi connectivity index (χ1v) is 4.03. The third-order valence-corrected chi connectivity index (χ3v) is 1.61. The Kier molecular flexibility index (Phi) is 2.27. The predicted octanol–water partition coefficient (Wildman–Crippen LogP) is 1.79. The molecule has 1 aromatic heterocycles. The smallest absolute Gasteiger partial charge is 0.132 e. The van der Waals surface area contributed by atoms with Crippen LogP contribution < -0.4 is 4.74 Å². The molecule has 2 rings (SSSR count). The Balaban J connectivity index is 1.94. The fraction of sp³-hybridized carbons (Fsp3) is 0.100. The van der Waals surface area contributed by atoms with E-state index in [0.717, 1.165) is 11.4 Å². The monoisotopic (exact) mass is 173 g/mol. The SMILES string of the molecule is [c]1ccccc1OCc1cc[nH]n1. The third-order valence-electron chi connectivity index (χ3n) is 1.61. The molecule has 3 heteroatoms. The minimum Gasteiger partial charge on any atom is -0.487 e. The topological polar surface area (TPSA) is 37.9 Å². The van der Waals surface area contributed by atoms with Gasteiger partial charge in [0.1, 0.15) is 12.4 Å². The summed E-state index contributed by atoms with van der Waals surface area (Å²) < 4.78 is 5.41. The van der Waals surface area contributed by atoms with Crippen molar-refractivity contribution in [1.82, 2.24) is 10.2 Å². The van der Waals surface area contributed by atoms with Gasteiger partial charge in [-0.1, -0.05) is 18.2 Å². The highest BCUT2D eigenvalue weighted by molar-refractivity contribution is 5.19. The van der Waals surface area contributed by atoms with E-state index in [9.17, 15) is 0 Å². The second-order valence-corrected chi connectivity index (χ2v) is 2.58. The van der Waals surface area contributed by atoms with Crippen LogP contribution in [0.1, 0.15) is 5.69 Å². The number of rotatable bonds is 3. The number of hydrogen-bond donors (Lipinski definition) is 1. The zero-order valence-electron chi connectivity index (χ0n) is 7.03. The molecule has 2 aromatic rings. The predicted molar refractivity (Wildman–Crippen MR) is 48.2 cm³/mol. The number of H-pyrrole nitrogens is 1. The van der Waals surface area contributed by atoms with Gasteiger partial charge >= 0.3 is 0 Å². The molecule has 0 bridgehead atoms. The van der Waals surface area contributed by atoms with Crippen LogP contribution in [0.5, 0.6) is 5.75 Å². The average Bonchev–Trinajstić information content (AvgIpc) is 2.69. The summed E-state index contributed by atoms with van der Waals surface area (Å²) in [6.07, 6.45) is 1.77. The third kappa shape index (κ3) is 2.08. The maximum atomic E-state index is 5.41. The molecule has 0 spiro atoms. The molecule has 0 aliphatic carbocycles. The van der Waals surface area contributed by atoms with Crippen LogP contribution in [-0.2, 0) is 6.61 Å². The zero-order chi connectivity index (χ0) is 8.93. The zero-order valence-corrected chi connectivity index (χ0v) is 7.03. The second kappa shape index (κ2) is 3.76. The van der Waals surface area contributed by atoms with Gasteiger partial charge in [0.25, 0.3) is 0 Å². The van der Waals surface area contributed by atoms with Crippen molar-refractivity contribution < 1.29 is 4.74 Å². The van der Waals surface area contributed by atoms with Crippen LogP contribution in [0.4, 0.5) is 0 Å². The number of para-hydroxylation sites is 1. The first kappa shape index (κ1) is 7.86. The number of aromatic nitrogens is 2. The lowest BCUT2D eigenvalue weighted by molar-refractivity contribution is 0.300. The minimum absolute atomic E-state index is 0.476. The molecule has 1 N–H and O–H groups in total. The lowest BCUT2D eigenvalue weighted by atomic mass is 10.3. The lowest BCUT2D eigenvalue weighted by Gasteiger charge is -2.01. The van der Waals surface area contributed by atoms with Crippen molar-refractivity contribution in [2.75, 3.05) is 0 Å². The van der Waals surface area contributed by atoms with Gasteiger partial charge in [-0.25, -0.2) is 0 Å². The summed E-state index contributed by atoms with van der Waals surface area (Å²) in [4.78, 5) is 0. The lowest BCUT2D eigenvalue weighted by Crippen LogP contribution is -1.95. The first-order chi connectivity index (χ1) is 6.45. The summed E-state index contributed by atoms with van der Waals surface area (Å²) in [6, 6.07) is 12.4. The van der Waals surface area contributed by atoms with E-state index >= 15 is 0 Å². The Bertz CT molecular complexity index is 342. The van der Waals surface area contributed by atoms with Crippen LogP contribution >= 0.6 is 0 Å². The van der Waals surface area contributed by atoms with Crippen molar-refractivity contribution in [3.05, 3.63) is 48.3 Å². The van der Waals surface area contributed by atoms with E-state index in [-0.39, 0.29) is 0 Å². The summed E-state index contributed by atoms with van der Waals surface area (Å²) >= 11 is 0. The van der Waals surface area contributed by atoms with E-state index in [2.05, 4.69) is 16.3 Å². The number of ether oxygens (including phenoxy) is 1. The Morgan fingerprint density at radius 3 is 3.08 bits per heavy atom. The number of nitrogens with zero attached hydrogens (tertiary/aromatic N) is 1. The Morgan fingerprint density at radius 1 is 1.38 bits per heavy atom. The molecule has 0 aliphatic heterocycles. The van der Waals surface area contributed by atoms with Gasteiger partial charge in [0.05, 0.1) is 5.69 Å². The largest absolute Gasteiger partial charge is 0.487 e. The number of hydrogen-bond acceptors (Lipinski definition) is 2. The number of nitrogens with one attached hydrogen (secondary N) is 1. The molecular weight excluding hydrogens is 164 g/mol. The van der Waals surface area contributed by atoms with Crippen LogP contribution in [0.25, 0.3) is 0 Å². The van der Waals surface area contributed by atoms with Gasteiger partial charge in [-0.05, 0) is 12.1 Å². The Labute approximate surface area is 76.4 Å². The Hall–Kier alpha value is -1.77. The molecule has 1 aromatic carbocycles. The van der Waals surface area contributed by atoms with E-state index in [1.54, 1.807) is 6.20 Å². The molecule has 0 aliphatic rings. The quantitative estimate of drug-likeness (QED) is 0.768. The molecule has 13 heavy (non-hydrogen) atoms. The van der Waals surface area contributed by atoms with Gasteiger partial charge in [-0.3, -0.25) is 5.10 Å². The van der Waals surface area contributed by atoms with E-state index in [1.165, 1.54) is 0 Å². The van der Waals surface area contributed by atoms with E-state index in [1.807, 2.05) is 30.3 Å². The van der Waals surface area contributed by atoms with E-state index in [4.69, 9.17) is 4.74 Å². The molecule has 0 saturated carbocycles. The van der Waals surface area contributed by atoms with Crippen LogP contribution in [0, 0.1) is 6.07 Å². The minimum atomic E-state index is 0.476. The summed E-state index contributed by atoms with van der Waals surface area (Å²) in [5, 5.41) is 6.69. The van der Waals surface area contributed by atoms with Gasteiger partial charge in [-0.2, -0.15) is 5.10 Å². The molecule has 1 heterocycles. The van der Waals surface area contributed by atoms with Crippen LogP contribution in [0.15, 0.2) is 36.5 Å². The maximum Gasteiger partial charge on any atom is 0.132 e. The molecule has 0 unspecified atom stereocenters. The summed E-state index contributed by atoms with van der Waals surface area (Å²) in [5.41, 5.74) is 0.886. The normalized spacial score (nSPS) is 9.85. The highest BCUT2D eigenvalue weighted by Gasteiger charge is 1.95. The standard InChI is InChI=1S/C10H9N2O/c1-2-4-10(5-3-1)13-8-9-6-7-11-12-9/h1-4,6-7H,8H2,(H,11,12). The molecule has 0 atom stereocenters. The summed E-state index contributed by atoms with van der Waals surface area (Å²) in [7, 11) is 0. The molecule has 1 radical (unpaired) electrons. The summed E-state index contributed by atoms with van der Waals surface area (Å²) in [5.74, 6) is 0.741. The van der Waals surface area contributed by atoms with Gasteiger partial charge in [0, 0.05) is 12.3 Å². The van der Waals surface area contributed by atoms with Crippen molar-refractivity contribution in [2.45, 2.75) is 6.61 Å². The highest BCUT2D eigenvalue weighted by Crippen LogP contribution is 2.09. The first-order valence-electron chi connectivity index (χ1n) is 4.03. The van der Waals surface area contributed by atoms with Crippen molar-refractivity contribution in [3.63, 3.8) is 0 Å². The molecular formula is C10H9N2O. The Morgan fingerprint density at radius 2 is 2.38 bits per heavy atom. The highest BCUT2D eigenvalue weighted by atomic mass is 16.5.